The van der Waals surface area contributed by atoms with Gasteiger partial charge >= 0.3 is 0 Å². The summed E-state index contributed by atoms with van der Waals surface area (Å²) in [6.07, 6.45) is 1.02. The lowest BCUT2D eigenvalue weighted by Crippen LogP contribution is -2.06. The minimum atomic E-state index is -0.303. The Morgan fingerprint density at radius 2 is 2.44 bits per heavy atom. The van der Waals surface area contributed by atoms with Gasteiger partial charge in [-0.1, -0.05) is 30.3 Å². The first kappa shape index (κ1) is 11.7. The second-order valence-corrected chi connectivity index (χ2v) is 4.97. The molecule has 0 fully saturated rings. The van der Waals surface area contributed by atoms with Gasteiger partial charge in [-0.2, -0.15) is 0 Å². The van der Waals surface area contributed by atoms with Crippen LogP contribution in [0.25, 0.3) is 0 Å². The van der Waals surface area contributed by atoms with Crippen molar-refractivity contribution in [3.8, 4) is 0 Å². The average Bonchev–Trinajstić information content (AvgIpc) is 2.71. The smallest absolute Gasteiger partial charge is 0.161 e. The van der Waals surface area contributed by atoms with Crippen LogP contribution in [0.3, 0.4) is 0 Å². The Balaban J connectivity index is 2.12. The number of thioether (sulfide) groups is 1. The Morgan fingerprint density at radius 1 is 1.62 bits per heavy atom. The molecule has 1 aromatic carbocycles. The lowest BCUT2D eigenvalue weighted by atomic mass is 10.3. The highest BCUT2D eigenvalue weighted by molar-refractivity contribution is 8.14. The molecule has 16 heavy (non-hydrogen) atoms. The summed E-state index contributed by atoms with van der Waals surface area (Å²) in [5.41, 5.74) is 0.574. The second-order valence-electron chi connectivity index (χ2n) is 3.56. The molecule has 2 rings (SSSR count). The molecule has 1 aromatic rings. The van der Waals surface area contributed by atoms with E-state index in [0.29, 0.717) is 16.8 Å². The fourth-order valence-corrected chi connectivity index (χ4v) is 2.63. The van der Waals surface area contributed by atoms with Crippen LogP contribution in [0.4, 0.5) is 10.1 Å². The number of halogens is 2. The van der Waals surface area contributed by atoms with Gasteiger partial charge in [0.25, 0.3) is 0 Å². The molecule has 0 amide bonds. The number of aliphatic imine (C=N–C) groups is 1. The molecule has 1 N–H and O–H groups in total. The summed E-state index contributed by atoms with van der Waals surface area (Å²) in [6, 6.07) is 4.62. The van der Waals surface area contributed by atoms with Crippen molar-refractivity contribution in [1.29, 1.82) is 0 Å². The van der Waals surface area contributed by atoms with E-state index in [2.05, 4.69) is 17.2 Å². The minimum absolute atomic E-state index is 0.303. The summed E-state index contributed by atoms with van der Waals surface area (Å²) < 4.78 is 13.0. The number of anilines is 1. The van der Waals surface area contributed by atoms with Crippen molar-refractivity contribution in [2.24, 2.45) is 4.99 Å². The number of nitrogens with zero attached hydrogens (tertiary/aromatic N) is 1. The van der Waals surface area contributed by atoms with E-state index >= 15 is 0 Å². The van der Waals surface area contributed by atoms with Crippen LogP contribution in [0.2, 0.25) is 5.02 Å². The number of rotatable bonds is 2. The molecule has 2 nitrogen and oxygen atoms in total. The summed E-state index contributed by atoms with van der Waals surface area (Å²) in [7, 11) is 0. The summed E-state index contributed by atoms with van der Waals surface area (Å²) in [5, 5.41) is 4.38. The SMILES string of the molecule is CCC1CSC(Nc2cc(F)ccc2Cl)=N1. The fraction of sp³-hybridized carbons (Fsp3) is 0.364. The van der Waals surface area contributed by atoms with Crippen molar-refractivity contribution in [2.75, 3.05) is 11.1 Å². The van der Waals surface area contributed by atoms with Crippen molar-refractivity contribution in [2.45, 2.75) is 19.4 Å². The molecular formula is C11H12ClFN2S. The highest BCUT2D eigenvalue weighted by Crippen LogP contribution is 2.26. The zero-order chi connectivity index (χ0) is 11.5. The highest BCUT2D eigenvalue weighted by atomic mass is 35.5. The number of nitrogens with one attached hydrogen (secondary N) is 1. The quantitative estimate of drug-likeness (QED) is 0.873. The van der Waals surface area contributed by atoms with Crippen LogP contribution in [0.15, 0.2) is 23.2 Å². The fourth-order valence-electron chi connectivity index (χ4n) is 1.40. The molecule has 1 aliphatic heterocycles. The van der Waals surface area contributed by atoms with Gasteiger partial charge in [0.1, 0.15) is 5.82 Å². The zero-order valence-electron chi connectivity index (χ0n) is 8.84. The maximum absolute atomic E-state index is 13.0. The van der Waals surface area contributed by atoms with Crippen LogP contribution >= 0.6 is 23.4 Å². The van der Waals surface area contributed by atoms with Gasteiger partial charge < -0.3 is 5.32 Å². The third-order valence-corrected chi connectivity index (χ3v) is 3.72. The van der Waals surface area contributed by atoms with Crippen molar-refractivity contribution in [3.05, 3.63) is 29.0 Å². The monoisotopic (exact) mass is 258 g/mol. The molecule has 0 spiro atoms. The molecule has 0 aromatic heterocycles. The molecule has 1 heterocycles. The number of benzene rings is 1. The molecule has 0 saturated heterocycles. The van der Waals surface area contributed by atoms with E-state index in [0.717, 1.165) is 17.3 Å². The van der Waals surface area contributed by atoms with Gasteiger partial charge in [-0.15, -0.1) is 0 Å². The van der Waals surface area contributed by atoms with Crippen LogP contribution in [-0.2, 0) is 0 Å². The van der Waals surface area contributed by atoms with E-state index in [4.69, 9.17) is 11.6 Å². The Hall–Kier alpha value is -0.740. The second kappa shape index (κ2) is 5.06. The van der Waals surface area contributed by atoms with Crippen LogP contribution in [-0.4, -0.2) is 17.0 Å². The Bertz CT molecular complexity index is 422. The lowest BCUT2D eigenvalue weighted by molar-refractivity contribution is 0.628. The van der Waals surface area contributed by atoms with E-state index in [-0.39, 0.29) is 5.82 Å². The van der Waals surface area contributed by atoms with Crippen LogP contribution < -0.4 is 5.32 Å². The number of hydrogen-bond donors (Lipinski definition) is 1. The molecule has 0 bridgehead atoms. The Labute approximate surface area is 103 Å². The van der Waals surface area contributed by atoms with Gasteiger partial charge in [0, 0.05) is 5.75 Å². The van der Waals surface area contributed by atoms with Crippen molar-refractivity contribution in [3.63, 3.8) is 0 Å². The summed E-state index contributed by atoms with van der Waals surface area (Å²) in [4.78, 5) is 4.46. The van der Waals surface area contributed by atoms with Gasteiger partial charge in [0.05, 0.1) is 16.8 Å². The molecular weight excluding hydrogens is 247 g/mol. The van der Waals surface area contributed by atoms with Crippen molar-refractivity contribution >= 4 is 34.2 Å². The average molecular weight is 259 g/mol. The van der Waals surface area contributed by atoms with Gasteiger partial charge in [0.2, 0.25) is 0 Å². The summed E-state index contributed by atoms with van der Waals surface area (Å²) >= 11 is 7.59. The van der Waals surface area contributed by atoms with Crippen molar-refractivity contribution in [1.82, 2.24) is 0 Å². The van der Waals surface area contributed by atoms with E-state index < -0.39 is 0 Å². The molecule has 5 heteroatoms. The topological polar surface area (TPSA) is 24.4 Å². The lowest BCUT2D eigenvalue weighted by Gasteiger charge is -2.06. The maximum Gasteiger partial charge on any atom is 0.161 e. The normalized spacial score (nSPS) is 19.7. The minimum Gasteiger partial charge on any atom is -0.334 e. The number of amidine groups is 1. The van der Waals surface area contributed by atoms with Crippen LogP contribution in [0, 0.1) is 5.82 Å². The Kier molecular flexibility index (Phi) is 3.71. The Morgan fingerprint density at radius 3 is 3.12 bits per heavy atom. The standard InChI is InChI=1S/C11H12ClFN2S/c1-2-8-6-16-11(14-8)15-10-5-7(13)3-4-9(10)12/h3-5,8H,2,6H2,1H3,(H,14,15). The summed E-state index contributed by atoms with van der Waals surface area (Å²) in [6.45, 7) is 2.10. The molecule has 0 radical (unpaired) electrons. The zero-order valence-corrected chi connectivity index (χ0v) is 10.4. The van der Waals surface area contributed by atoms with Crippen LogP contribution in [0.5, 0.6) is 0 Å². The predicted molar refractivity (Wildman–Crippen MR) is 69.0 cm³/mol. The third-order valence-electron chi connectivity index (χ3n) is 2.35. The van der Waals surface area contributed by atoms with Gasteiger partial charge in [-0.05, 0) is 24.6 Å². The molecule has 86 valence electrons. The van der Waals surface area contributed by atoms with Crippen molar-refractivity contribution < 1.29 is 4.39 Å². The van der Waals surface area contributed by atoms with E-state index in [1.54, 1.807) is 11.8 Å². The van der Waals surface area contributed by atoms with Gasteiger partial charge in [-0.25, -0.2) is 4.39 Å². The number of hydrogen-bond acceptors (Lipinski definition) is 3. The maximum atomic E-state index is 13.0. The van der Waals surface area contributed by atoms with Gasteiger partial charge in [-0.3, -0.25) is 4.99 Å². The molecule has 1 unspecified atom stereocenters. The van der Waals surface area contributed by atoms with E-state index in [1.165, 1.54) is 18.2 Å². The summed E-state index contributed by atoms with van der Waals surface area (Å²) in [5.74, 6) is 0.675. The van der Waals surface area contributed by atoms with E-state index in [9.17, 15) is 4.39 Å². The molecule has 1 aliphatic rings. The first-order chi connectivity index (χ1) is 7.69. The molecule has 0 aliphatic carbocycles. The molecule has 1 atom stereocenters. The highest BCUT2D eigenvalue weighted by Gasteiger charge is 2.17. The predicted octanol–water partition coefficient (Wildman–Crippen LogP) is 3.77. The first-order valence-corrected chi connectivity index (χ1v) is 6.48. The first-order valence-electron chi connectivity index (χ1n) is 5.11. The largest absolute Gasteiger partial charge is 0.334 e. The van der Waals surface area contributed by atoms with E-state index in [1.807, 2.05) is 0 Å². The van der Waals surface area contributed by atoms with Gasteiger partial charge in [0.15, 0.2) is 5.17 Å². The van der Waals surface area contributed by atoms with Crippen LogP contribution in [0.1, 0.15) is 13.3 Å². The molecule has 0 saturated carbocycles. The third kappa shape index (κ3) is 2.68.